The van der Waals surface area contributed by atoms with Gasteiger partial charge >= 0.3 is 6.03 Å². The highest BCUT2D eigenvalue weighted by Crippen LogP contribution is 2.28. The molecule has 30 heavy (non-hydrogen) atoms. The van der Waals surface area contributed by atoms with E-state index in [-0.39, 0.29) is 10.6 Å². The Kier molecular flexibility index (Phi) is 6.30. The van der Waals surface area contributed by atoms with Crippen molar-refractivity contribution in [2.45, 2.75) is 13.8 Å². The molecule has 7 nitrogen and oxygen atoms in total. The van der Waals surface area contributed by atoms with Gasteiger partial charge in [0.05, 0.1) is 16.1 Å². The third-order valence-corrected chi connectivity index (χ3v) is 4.47. The van der Waals surface area contributed by atoms with Gasteiger partial charge in [0, 0.05) is 17.4 Å². The molecule has 0 unspecified atom stereocenters. The number of rotatable bonds is 4. The minimum Gasteiger partial charge on any atom is -0.438 e. The normalized spacial score (nSPS) is 10.1. The average Bonchev–Trinajstić information content (AvgIpc) is 2.71. The molecule has 0 aliphatic heterocycles. The van der Waals surface area contributed by atoms with Crippen LogP contribution >= 0.6 is 11.6 Å². The number of urea groups is 1. The molecule has 1 heterocycles. The number of halogens is 1. The first-order chi connectivity index (χ1) is 14.4. The fraction of sp³-hybridized carbons (Fsp3) is 0.0909. The summed E-state index contributed by atoms with van der Waals surface area (Å²) in [6.45, 7) is 3.61. The van der Waals surface area contributed by atoms with Gasteiger partial charge in [-0.1, -0.05) is 23.7 Å². The fourth-order valence-electron chi connectivity index (χ4n) is 2.65. The number of benzene rings is 2. The maximum atomic E-state index is 12.2. The average molecular weight is 421 g/mol. The van der Waals surface area contributed by atoms with Gasteiger partial charge in [-0.2, -0.15) is 5.26 Å². The fourth-order valence-corrected chi connectivity index (χ4v) is 2.88. The molecule has 8 heteroatoms. The summed E-state index contributed by atoms with van der Waals surface area (Å²) in [5.41, 5.74) is 2.62. The molecular weight excluding hydrogens is 404 g/mol. The SMILES string of the molecule is Cc1cc(NC(=O)NC(=O)c2ccccc2Cl)ccc1Oc1ncc(C#N)cc1C. The lowest BCUT2D eigenvalue weighted by atomic mass is 10.2. The lowest BCUT2D eigenvalue weighted by Crippen LogP contribution is -2.34. The summed E-state index contributed by atoms with van der Waals surface area (Å²) in [7, 11) is 0. The number of hydrogen-bond donors (Lipinski definition) is 2. The molecule has 0 saturated carbocycles. The van der Waals surface area contributed by atoms with Crippen molar-refractivity contribution in [2.75, 3.05) is 5.32 Å². The van der Waals surface area contributed by atoms with E-state index in [1.54, 1.807) is 49.4 Å². The highest BCUT2D eigenvalue weighted by atomic mass is 35.5. The zero-order valence-corrected chi connectivity index (χ0v) is 16.9. The molecule has 0 aliphatic rings. The van der Waals surface area contributed by atoms with Crippen LogP contribution in [0.25, 0.3) is 0 Å². The molecular formula is C22H17ClN4O3. The summed E-state index contributed by atoms with van der Waals surface area (Å²) in [6, 6.07) is 14.5. The van der Waals surface area contributed by atoms with E-state index in [0.29, 0.717) is 22.9 Å². The second-order valence-corrected chi connectivity index (χ2v) is 6.84. The number of anilines is 1. The molecule has 0 fully saturated rings. The number of imide groups is 1. The van der Waals surface area contributed by atoms with E-state index in [0.717, 1.165) is 11.1 Å². The van der Waals surface area contributed by atoms with E-state index < -0.39 is 11.9 Å². The van der Waals surface area contributed by atoms with Crippen LogP contribution in [0.1, 0.15) is 27.0 Å². The Labute approximate surface area is 178 Å². The zero-order valence-electron chi connectivity index (χ0n) is 16.2. The summed E-state index contributed by atoms with van der Waals surface area (Å²) in [5.74, 6) is 0.339. The van der Waals surface area contributed by atoms with Crippen LogP contribution < -0.4 is 15.4 Å². The van der Waals surface area contributed by atoms with Crippen LogP contribution in [0.15, 0.2) is 54.7 Å². The van der Waals surface area contributed by atoms with E-state index in [4.69, 9.17) is 21.6 Å². The van der Waals surface area contributed by atoms with Crippen LogP contribution in [0, 0.1) is 25.2 Å². The first-order valence-corrected chi connectivity index (χ1v) is 9.27. The number of nitrogens with zero attached hydrogens (tertiary/aromatic N) is 2. The Balaban J connectivity index is 1.66. The molecule has 3 amide bonds. The van der Waals surface area contributed by atoms with Crippen molar-refractivity contribution in [3.63, 3.8) is 0 Å². The third kappa shape index (κ3) is 4.93. The minimum atomic E-state index is -0.683. The largest absolute Gasteiger partial charge is 0.438 e. The number of hydrogen-bond acceptors (Lipinski definition) is 5. The number of aryl methyl sites for hydroxylation is 2. The summed E-state index contributed by atoms with van der Waals surface area (Å²) < 4.78 is 5.82. The van der Waals surface area contributed by atoms with Crippen molar-refractivity contribution >= 4 is 29.2 Å². The Morgan fingerprint density at radius 2 is 1.87 bits per heavy atom. The standard InChI is InChI=1S/C22H17ClN4O3/c1-13-10-16(26-22(29)27-20(28)17-5-3-4-6-18(17)23)7-8-19(13)30-21-14(2)9-15(11-24)12-25-21/h3-10,12H,1-2H3,(H2,26,27,28,29). The minimum absolute atomic E-state index is 0.208. The zero-order chi connectivity index (χ0) is 21.7. The maximum Gasteiger partial charge on any atom is 0.326 e. The van der Waals surface area contributed by atoms with Crippen molar-refractivity contribution in [3.05, 3.63) is 82.0 Å². The van der Waals surface area contributed by atoms with Gasteiger partial charge in [0.1, 0.15) is 11.8 Å². The topological polar surface area (TPSA) is 104 Å². The lowest BCUT2D eigenvalue weighted by molar-refractivity contribution is 0.0967. The maximum absolute atomic E-state index is 12.2. The molecule has 2 N–H and O–H groups in total. The Morgan fingerprint density at radius 3 is 2.53 bits per heavy atom. The smallest absolute Gasteiger partial charge is 0.326 e. The van der Waals surface area contributed by atoms with E-state index >= 15 is 0 Å². The van der Waals surface area contributed by atoms with Crippen LogP contribution in [-0.4, -0.2) is 16.9 Å². The van der Waals surface area contributed by atoms with Crippen molar-refractivity contribution in [1.82, 2.24) is 10.3 Å². The summed E-state index contributed by atoms with van der Waals surface area (Å²) in [5, 5.41) is 14.0. The second-order valence-electron chi connectivity index (χ2n) is 6.43. The first kappa shape index (κ1) is 20.8. The van der Waals surface area contributed by atoms with Crippen molar-refractivity contribution in [1.29, 1.82) is 5.26 Å². The highest BCUT2D eigenvalue weighted by Gasteiger charge is 2.14. The highest BCUT2D eigenvalue weighted by molar-refractivity contribution is 6.34. The van der Waals surface area contributed by atoms with Gasteiger partial charge in [0.15, 0.2) is 0 Å². The molecule has 0 saturated heterocycles. The number of carbonyl (C=O) groups is 2. The van der Waals surface area contributed by atoms with Crippen molar-refractivity contribution in [2.24, 2.45) is 0 Å². The van der Waals surface area contributed by atoms with Crippen molar-refractivity contribution in [3.8, 4) is 17.7 Å². The number of ether oxygens (including phenoxy) is 1. The predicted octanol–water partition coefficient (Wildman–Crippen LogP) is 4.98. The van der Waals surface area contributed by atoms with Gasteiger partial charge in [0.2, 0.25) is 5.88 Å². The van der Waals surface area contributed by atoms with Gasteiger partial charge < -0.3 is 10.1 Å². The number of amides is 3. The third-order valence-electron chi connectivity index (χ3n) is 4.14. The van der Waals surface area contributed by atoms with Crippen LogP contribution in [0.5, 0.6) is 11.6 Å². The van der Waals surface area contributed by atoms with E-state index in [9.17, 15) is 9.59 Å². The number of pyridine rings is 1. The number of aromatic nitrogens is 1. The molecule has 0 atom stereocenters. The Bertz CT molecular complexity index is 1170. The molecule has 3 aromatic rings. The van der Waals surface area contributed by atoms with Gasteiger partial charge in [0.25, 0.3) is 5.91 Å². The van der Waals surface area contributed by atoms with E-state index in [1.165, 1.54) is 12.3 Å². The number of nitrogens with one attached hydrogen (secondary N) is 2. The Morgan fingerprint density at radius 1 is 1.10 bits per heavy atom. The lowest BCUT2D eigenvalue weighted by Gasteiger charge is -2.12. The summed E-state index contributed by atoms with van der Waals surface area (Å²) in [4.78, 5) is 28.5. The first-order valence-electron chi connectivity index (χ1n) is 8.89. The van der Waals surface area contributed by atoms with Gasteiger partial charge in [-0.05, 0) is 55.8 Å². The predicted molar refractivity (Wildman–Crippen MR) is 113 cm³/mol. The van der Waals surface area contributed by atoms with Crippen LogP contribution in [0.2, 0.25) is 5.02 Å². The van der Waals surface area contributed by atoms with E-state index in [2.05, 4.69) is 15.6 Å². The van der Waals surface area contributed by atoms with Gasteiger partial charge in [-0.3, -0.25) is 10.1 Å². The molecule has 0 spiro atoms. The number of carbonyl (C=O) groups excluding carboxylic acids is 2. The Hall–Kier alpha value is -3.89. The van der Waals surface area contributed by atoms with Crippen LogP contribution in [0.4, 0.5) is 10.5 Å². The molecule has 2 aromatic carbocycles. The molecule has 0 aliphatic carbocycles. The second kappa shape index (κ2) is 9.07. The van der Waals surface area contributed by atoms with Crippen molar-refractivity contribution < 1.29 is 14.3 Å². The molecule has 1 aromatic heterocycles. The molecule has 150 valence electrons. The van der Waals surface area contributed by atoms with Crippen LogP contribution in [0.3, 0.4) is 0 Å². The van der Waals surface area contributed by atoms with E-state index in [1.807, 2.05) is 13.0 Å². The van der Waals surface area contributed by atoms with Crippen LogP contribution in [-0.2, 0) is 0 Å². The monoisotopic (exact) mass is 420 g/mol. The summed E-state index contributed by atoms with van der Waals surface area (Å²) >= 11 is 5.97. The quantitative estimate of drug-likeness (QED) is 0.619. The number of nitriles is 1. The molecule has 0 bridgehead atoms. The molecule has 3 rings (SSSR count). The summed E-state index contributed by atoms with van der Waals surface area (Å²) in [6.07, 6.45) is 1.44. The van der Waals surface area contributed by atoms with Gasteiger partial charge in [-0.25, -0.2) is 9.78 Å². The molecule has 0 radical (unpaired) electrons. The van der Waals surface area contributed by atoms with Gasteiger partial charge in [-0.15, -0.1) is 0 Å².